The fraction of sp³-hybridized carbons (Fsp3) is 0.222. The lowest BCUT2D eigenvalue weighted by Gasteiger charge is -2.05. The smallest absolute Gasteiger partial charge is 0.213 e. The van der Waals surface area contributed by atoms with Crippen molar-refractivity contribution in [3.05, 3.63) is 29.5 Å². The van der Waals surface area contributed by atoms with Gasteiger partial charge in [-0.05, 0) is 6.07 Å². The molecule has 16 heavy (non-hydrogen) atoms. The van der Waals surface area contributed by atoms with Crippen molar-refractivity contribution in [2.24, 2.45) is 0 Å². The lowest BCUT2D eigenvalue weighted by molar-refractivity contribution is 0.410. The molecule has 84 valence electrons. The van der Waals surface area contributed by atoms with Gasteiger partial charge in [-0.25, -0.2) is 4.98 Å². The molecule has 0 atom stereocenters. The molecular weight excluding hydrogens is 230 g/mol. The Kier molecular flexibility index (Phi) is 3.21. The van der Waals surface area contributed by atoms with Gasteiger partial charge in [0.2, 0.25) is 6.39 Å². The van der Waals surface area contributed by atoms with Crippen LogP contribution in [0.1, 0.15) is 5.82 Å². The third-order valence-corrected chi connectivity index (χ3v) is 2.20. The predicted molar refractivity (Wildman–Crippen MR) is 60.2 cm³/mol. The molecule has 0 fully saturated rings. The first kappa shape index (κ1) is 10.7. The van der Waals surface area contributed by atoms with Gasteiger partial charge in [0.15, 0.2) is 5.82 Å². The lowest BCUT2D eigenvalue weighted by Crippen LogP contribution is -2.07. The summed E-state index contributed by atoms with van der Waals surface area (Å²) in [4.78, 5) is 7.96. The molecule has 6 nitrogen and oxygen atoms in total. The molecule has 2 aromatic heterocycles. The van der Waals surface area contributed by atoms with Crippen molar-refractivity contribution in [2.75, 3.05) is 17.6 Å². The Balaban J connectivity index is 1.90. The van der Waals surface area contributed by atoms with Crippen LogP contribution >= 0.6 is 11.6 Å². The summed E-state index contributed by atoms with van der Waals surface area (Å²) in [5.41, 5.74) is 6.06. The number of rotatable bonds is 4. The molecule has 2 rings (SSSR count). The number of hydrogen-bond acceptors (Lipinski definition) is 6. The van der Waals surface area contributed by atoms with Gasteiger partial charge in [-0.15, -0.1) is 0 Å². The van der Waals surface area contributed by atoms with Crippen molar-refractivity contribution in [2.45, 2.75) is 6.42 Å². The number of pyridine rings is 1. The number of nitrogens with zero attached hydrogens (tertiary/aromatic N) is 3. The summed E-state index contributed by atoms with van der Waals surface area (Å²) in [5, 5.41) is 7.24. The summed E-state index contributed by atoms with van der Waals surface area (Å²) in [6.45, 7) is 0.621. The normalized spacial score (nSPS) is 10.3. The summed E-state index contributed by atoms with van der Waals surface area (Å²) in [5.74, 6) is 1.23. The molecule has 0 amide bonds. The molecule has 3 N–H and O–H groups in total. The van der Waals surface area contributed by atoms with Crippen LogP contribution < -0.4 is 11.1 Å². The van der Waals surface area contributed by atoms with E-state index in [-0.39, 0.29) is 0 Å². The van der Waals surface area contributed by atoms with E-state index in [0.717, 1.165) is 0 Å². The standard InChI is InChI=1S/C9H10ClN5O/c10-7-3-6(11)4-13-9(7)12-2-1-8-14-5-16-15-8/h3-5H,1-2,11H2,(H,12,13). The molecule has 0 aromatic carbocycles. The van der Waals surface area contributed by atoms with Gasteiger partial charge in [0, 0.05) is 13.0 Å². The molecule has 0 spiro atoms. The van der Waals surface area contributed by atoms with Gasteiger partial charge in [0.1, 0.15) is 5.82 Å². The van der Waals surface area contributed by atoms with Crippen molar-refractivity contribution in [1.82, 2.24) is 15.1 Å². The summed E-state index contributed by atoms with van der Waals surface area (Å²) in [6.07, 6.45) is 3.48. The van der Waals surface area contributed by atoms with Crippen molar-refractivity contribution >= 4 is 23.1 Å². The molecule has 0 aliphatic carbocycles. The first-order valence-electron chi connectivity index (χ1n) is 4.66. The summed E-state index contributed by atoms with van der Waals surface area (Å²) in [7, 11) is 0. The molecule has 2 aromatic rings. The number of aromatic nitrogens is 3. The van der Waals surface area contributed by atoms with E-state index in [1.54, 1.807) is 12.3 Å². The van der Waals surface area contributed by atoms with Gasteiger partial charge in [-0.3, -0.25) is 0 Å². The van der Waals surface area contributed by atoms with Crippen LogP contribution in [0.15, 0.2) is 23.2 Å². The number of anilines is 2. The van der Waals surface area contributed by atoms with Crippen LogP contribution in [-0.4, -0.2) is 21.7 Å². The SMILES string of the molecule is Nc1cnc(NCCc2ncon2)c(Cl)c1. The summed E-state index contributed by atoms with van der Waals surface area (Å²) >= 11 is 5.94. The molecule has 0 aliphatic heterocycles. The Hall–Kier alpha value is -1.82. The molecule has 0 radical (unpaired) electrons. The maximum atomic E-state index is 5.94. The molecule has 0 aliphatic rings. The van der Waals surface area contributed by atoms with Gasteiger partial charge in [-0.1, -0.05) is 16.8 Å². The third-order valence-electron chi connectivity index (χ3n) is 1.91. The average molecular weight is 240 g/mol. The summed E-state index contributed by atoms with van der Waals surface area (Å²) < 4.78 is 4.61. The Morgan fingerprint density at radius 2 is 2.31 bits per heavy atom. The molecule has 0 saturated heterocycles. The highest BCUT2D eigenvalue weighted by Crippen LogP contribution is 2.20. The number of nitrogen functional groups attached to an aromatic ring is 1. The fourth-order valence-electron chi connectivity index (χ4n) is 1.18. The molecule has 0 saturated carbocycles. The van der Waals surface area contributed by atoms with Crippen LogP contribution in [0.25, 0.3) is 0 Å². The van der Waals surface area contributed by atoms with Gasteiger partial charge in [-0.2, -0.15) is 4.98 Å². The van der Waals surface area contributed by atoms with E-state index in [1.807, 2.05) is 0 Å². The van der Waals surface area contributed by atoms with E-state index >= 15 is 0 Å². The largest absolute Gasteiger partial charge is 0.397 e. The van der Waals surface area contributed by atoms with E-state index in [4.69, 9.17) is 17.3 Å². The van der Waals surface area contributed by atoms with Gasteiger partial charge >= 0.3 is 0 Å². The van der Waals surface area contributed by atoms with Crippen molar-refractivity contribution < 1.29 is 4.52 Å². The van der Waals surface area contributed by atoms with Crippen LogP contribution in [0.3, 0.4) is 0 Å². The highest BCUT2D eigenvalue weighted by molar-refractivity contribution is 6.33. The lowest BCUT2D eigenvalue weighted by atomic mass is 10.4. The van der Waals surface area contributed by atoms with Gasteiger partial charge in [0.05, 0.1) is 16.9 Å². The number of nitrogens with one attached hydrogen (secondary N) is 1. The topological polar surface area (TPSA) is 89.9 Å². The minimum absolute atomic E-state index is 0.494. The zero-order valence-corrected chi connectivity index (χ0v) is 9.11. The molecule has 2 heterocycles. The first-order chi connectivity index (χ1) is 7.75. The van der Waals surface area contributed by atoms with Gasteiger partial charge in [0.25, 0.3) is 0 Å². The van der Waals surface area contributed by atoms with E-state index in [1.165, 1.54) is 6.39 Å². The highest BCUT2D eigenvalue weighted by atomic mass is 35.5. The van der Waals surface area contributed by atoms with Crippen molar-refractivity contribution in [3.8, 4) is 0 Å². The third kappa shape index (κ3) is 2.60. The second-order valence-electron chi connectivity index (χ2n) is 3.12. The Morgan fingerprint density at radius 1 is 1.44 bits per heavy atom. The van der Waals surface area contributed by atoms with Crippen molar-refractivity contribution in [1.29, 1.82) is 0 Å². The maximum Gasteiger partial charge on any atom is 0.213 e. The maximum absolute atomic E-state index is 5.94. The second-order valence-corrected chi connectivity index (χ2v) is 3.53. The van der Waals surface area contributed by atoms with Crippen LogP contribution in [0, 0.1) is 0 Å². The monoisotopic (exact) mass is 239 g/mol. The van der Waals surface area contributed by atoms with Gasteiger partial charge < -0.3 is 15.6 Å². The molecule has 7 heteroatoms. The van der Waals surface area contributed by atoms with Crippen LogP contribution in [0.4, 0.5) is 11.5 Å². The van der Waals surface area contributed by atoms with Crippen molar-refractivity contribution in [3.63, 3.8) is 0 Å². The minimum atomic E-state index is 0.494. The molecule has 0 bridgehead atoms. The van der Waals surface area contributed by atoms with E-state index in [9.17, 15) is 0 Å². The fourth-order valence-corrected chi connectivity index (χ4v) is 1.42. The second kappa shape index (κ2) is 4.80. The zero-order chi connectivity index (χ0) is 11.4. The number of nitrogens with two attached hydrogens (primary N) is 1. The van der Waals surface area contributed by atoms with Crippen LogP contribution in [0.5, 0.6) is 0 Å². The quantitative estimate of drug-likeness (QED) is 0.837. The first-order valence-corrected chi connectivity index (χ1v) is 5.03. The van der Waals surface area contributed by atoms with E-state index in [2.05, 4.69) is 25.0 Å². The zero-order valence-electron chi connectivity index (χ0n) is 8.35. The number of hydrogen-bond donors (Lipinski definition) is 2. The average Bonchev–Trinajstić information content (AvgIpc) is 2.74. The van der Waals surface area contributed by atoms with Crippen LogP contribution in [0.2, 0.25) is 5.02 Å². The number of halogens is 1. The Labute approximate surface area is 96.8 Å². The van der Waals surface area contributed by atoms with E-state index in [0.29, 0.717) is 35.3 Å². The Bertz CT molecular complexity index is 459. The van der Waals surface area contributed by atoms with E-state index < -0.39 is 0 Å². The molecule has 0 unspecified atom stereocenters. The molecular formula is C9H10ClN5O. The predicted octanol–water partition coefficient (Wildman–Crippen LogP) is 1.35. The minimum Gasteiger partial charge on any atom is -0.397 e. The highest BCUT2D eigenvalue weighted by Gasteiger charge is 2.03. The summed E-state index contributed by atoms with van der Waals surface area (Å²) in [6, 6.07) is 1.64. The Morgan fingerprint density at radius 3 is 3.00 bits per heavy atom. The van der Waals surface area contributed by atoms with Crippen LogP contribution in [-0.2, 0) is 6.42 Å².